The quantitative estimate of drug-likeness (QED) is 0.804. The zero-order valence-electron chi connectivity index (χ0n) is 9.79. The first kappa shape index (κ1) is 12.2. The van der Waals surface area contributed by atoms with Crippen molar-refractivity contribution in [3.63, 3.8) is 0 Å². The van der Waals surface area contributed by atoms with Gasteiger partial charge in [0.15, 0.2) is 0 Å². The molecule has 1 rings (SSSR count). The highest BCUT2D eigenvalue weighted by atomic mass is 16.5. The molecule has 0 saturated heterocycles. The molecule has 1 unspecified atom stereocenters. The maximum atomic E-state index is 10.1. The molecule has 0 bridgehead atoms. The molecule has 15 heavy (non-hydrogen) atoms. The van der Waals surface area contributed by atoms with Gasteiger partial charge in [0.2, 0.25) is 0 Å². The van der Waals surface area contributed by atoms with Crippen LogP contribution in [-0.4, -0.2) is 24.4 Å². The van der Waals surface area contributed by atoms with Crippen molar-refractivity contribution in [2.24, 2.45) is 0 Å². The van der Waals surface area contributed by atoms with Crippen molar-refractivity contribution >= 4 is 0 Å². The fourth-order valence-electron chi connectivity index (χ4n) is 1.56. The predicted octanol–water partition coefficient (Wildman–Crippen LogP) is 2.33. The molecule has 2 heteroatoms. The van der Waals surface area contributed by atoms with Gasteiger partial charge in [0.25, 0.3) is 0 Å². The molecule has 2 nitrogen and oxygen atoms in total. The molecule has 0 aliphatic heterocycles. The molecule has 0 heterocycles. The molecular weight excluding hydrogens is 188 g/mol. The zero-order chi connectivity index (χ0) is 11.3. The molecule has 84 valence electrons. The van der Waals surface area contributed by atoms with E-state index in [4.69, 9.17) is 4.74 Å². The minimum Gasteiger partial charge on any atom is -0.390 e. The molecule has 1 aromatic rings. The maximum absolute atomic E-state index is 10.1. The third kappa shape index (κ3) is 4.45. The summed E-state index contributed by atoms with van der Waals surface area (Å²) in [5.74, 6) is 0. The number of ether oxygens (including phenoxy) is 1. The average molecular weight is 208 g/mol. The van der Waals surface area contributed by atoms with Crippen LogP contribution in [0.1, 0.15) is 24.5 Å². The van der Waals surface area contributed by atoms with Gasteiger partial charge in [-0.2, -0.15) is 0 Å². The van der Waals surface area contributed by atoms with Crippen LogP contribution in [0, 0.1) is 6.92 Å². The van der Waals surface area contributed by atoms with Crippen LogP contribution in [0.25, 0.3) is 0 Å². The first-order valence-electron chi connectivity index (χ1n) is 5.30. The summed E-state index contributed by atoms with van der Waals surface area (Å²) in [7, 11) is 1.65. The predicted molar refractivity (Wildman–Crippen MR) is 62.0 cm³/mol. The topological polar surface area (TPSA) is 29.5 Å². The van der Waals surface area contributed by atoms with Crippen molar-refractivity contribution in [1.82, 2.24) is 0 Å². The zero-order valence-corrected chi connectivity index (χ0v) is 9.79. The Morgan fingerprint density at radius 1 is 1.27 bits per heavy atom. The van der Waals surface area contributed by atoms with Crippen LogP contribution in [-0.2, 0) is 11.2 Å². The molecule has 0 aromatic heterocycles. The second-order valence-corrected chi connectivity index (χ2v) is 4.40. The Labute approximate surface area is 91.9 Å². The summed E-state index contributed by atoms with van der Waals surface area (Å²) < 4.78 is 4.97. The Morgan fingerprint density at radius 2 is 1.87 bits per heavy atom. The van der Waals surface area contributed by atoms with Gasteiger partial charge in [-0.05, 0) is 25.8 Å². The number of hydrogen-bond acceptors (Lipinski definition) is 2. The lowest BCUT2D eigenvalue weighted by molar-refractivity contribution is 0.0249. The van der Waals surface area contributed by atoms with E-state index >= 15 is 0 Å². The largest absolute Gasteiger partial charge is 0.390 e. The second kappa shape index (κ2) is 5.29. The lowest BCUT2D eigenvalue weighted by Crippen LogP contribution is -2.28. The van der Waals surface area contributed by atoms with Crippen LogP contribution in [0.15, 0.2) is 24.3 Å². The summed E-state index contributed by atoms with van der Waals surface area (Å²) in [6.07, 6.45) is 1.34. The van der Waals surface area contributed by atoms with Gasteiger partial charge in [-0.15, -0.1) is 0 Å². The summed E-state index contributed by atoms with van der Waals surface area (Å²) in [5.41, 5.74) is 1.74. The highest BCUT2D eigenvalue weighted by Crippen LogP contribution is 2.17. The molecule has 0 amide bonds. The van der Waals surface area contributed by atoms with Gasteiger partial charge < -0.3 is 9.84 Å². The molecule has 0 spiro atoms. The van der Waals surface area contributed by atoms with Crippen LogP contribution in [0.4, 0.5) is 0 Å². The van der Waals surface area contributed by atoms with E-state index in [1.54, 1.807) is 7.11 Å². The van der Waals surface area contributed by atoms with E-state index in [-0.39, 0.29) is 0 Å². The molecule has 0 radical (unpaired) electrons. The van der Waals surface area contributed by atoms with E-state index in [0.29, 0.717) is 19.4 Å². The highest BCUT2D eigenvalue weighted by Gasteiger charge is 2.20. The number of benzene rings is 1. The van der Waals surface area contributed by atoms with E-state index in [0.717, 1.165) is 0 Å². The Kier molecular flexibility index (Phi) is 4.30. The molecule has 0 aliphatic carbocycles. The standard InChI is InChI=1S/C13H20O2/c1-11-4-6-12(7-5-11)10-13(2,14)8-9-15-3/h4-7,14H,8-10H2,1-3H3. The van der Waals surface area contributed by atoms with Crippen LogP contribution in [0.3, 0.4) is 0 Å². The first-order chi connectivity index (χ1) is 7.03. The number of rotatable bonds is 5. The number of aryl methyl sites for hydroxylation is 1. The lowest BCUT2D eigenvalue weighted by atomic mass is 9.93. The SMILES string of the molecule is COCCC(C)(O)Cc1ccc(C)cc1. The van der Waals surface area contributed by atoms with Crippen molar-refractivity contribution in [3.8, 4) is 0 Å². The van der Waals surface area contributed by atoms with Gasteiger partial charge in [-0.25, -0.2) is 0 Å². The molecule has 0 fully saturated rings. The number of aliphatic hydroxyl groups is 1. The molecule has 1 atom stereocenters. The Bertz CT molecular complexity index is 288. The van der Waals surface area contributed by atoms with Crippen molar-refractivity contribution < 1.29 is 9.84 Å². The van der Waals surface area contributed by atoms with Gasteiger partial charge in [0, 0.05) is 20.1 Å². The molecular formula is C13H20O2. The average Bonchev–Trinajstić information content (AvgIpc) is 2.18. The first-order valence-corrected chi connectivity index (χ1v) is 5.30. The second-order valence-electron chi connectivity index (χ2n) is 4.40. The summed E-state index contributed by atoms with van der Waals surface area (Å²) in [6.45, 7) is 4.51. The normalized spacial score (nSPS) is 14.9. The van der Waals surface area contributed by atoms with E-state index in [2.05, 4.69) is 31.2 Å². The van der Waals surface area contributed by atoms with Crippen molar-refractivity contribution in [1.29, 1.82) is 0 Å². The Balaban J connectivity index is 2.56. The fourth-order valence-corrected chi connectivity index (χ4v) is 1.56. The van der Waals surface area contributed by atoms with E-state index in [1.165, 1.54) is 11.1 Å². The van der Waals surface area contributed by atoms with Gasteiger partial charge >= 0.3 is 0 Å². The molecule has 0 saturated carbocycles. The Morgan fingerprint density at radius 3 is 2.40 bits per heavy atom. The minimum atomic E-state index is -0.675. The molecule has 1 aromatic carbocycles. The monoisotopic (exact) mass is 208 g/mol. The van der Waals surface area contributed by atoms with Gasteiger partial charge in [-0.3, -0.25) is 0 Å². The van der Waals surface area contributed by atoms with Gasteiger partial charge in [0.05, 0.1) is 5.60 Å². The lowest BCUT2D eigenvalue weighted by Gasteiger charge is -2.22. The summed E-state index contributed by atoms with van der Waals surface area (Å²) in [5, 5.41) is 10.1. The number of methoxy groups -OCH3 is 1. The number of hydrogen-bond donors (Lipinski definition) is 1. The van der Waals surface area contributed by atoms with Crippen LogP contribution < -0.4 is 0 Å². The van der Waals surface area contributed by atoms with E-state index in [1.807, 2.05) is 6.92 Å². The molecule has 1 N–H and O–H groups in total. The third-order valence-electron chi connectivity index (χ3n) is 2.55. The highest BCUT2D eigenvalue weighted by molar-refractivity contribution is 5.22. The smallest absolute Gasteiger partial charge is 0.0681 e. The summed E-state index contributed by atoms with van der Waals surface area (Å²) in [6, 6.07) is 8.27. The van der Waals surface area contributed by atoms with E-state index < -0.39 is 5.60 Å². The van der Waals surface area contributed by atoms with Crippen molar-refractivity contribution in [3.05, 3.63) is 35.4 Å². The molecule has 0 aliphatic rings. The van der Waals surface area contributed by atoms with Crippen LogP contribution >= 0.6 is 0 Å². The summed E-state index contributed by atoms with van der Waals surface area (Å²) >= 11 is 0. The minimum absolute atomic E-state index is 0.596. The van der Waals surface area contributed by atoms with E-state index in [9.17, 15) is 5.11 Å². The Hall–Kier alpha value is -0.860. The summed E-state index contributed by atoms with van der Waals surface area (Å²) in [4.78, 5) is 0. The van der Waals surface area contributed by atoms with Crippen molar-refractivity contribution in [2.75, 3.05) is 13.7 Å². The maximum Gasteiger partial charge on any atom is 0.0681 e. The van der Waals surface area contributed by atoms with Crippen molar-refractivity contribution in [2.45, 2.75) is 32.3 Å². The van der Waals surface area contributed by atoms with Gasteiger partial charge in [-0.1, -0.05) is 29.8 Å². The van der Waals surface area contributed by atoms with Crippen LogP contribution in [0.5, 0.6) is 0 Å². The van der Waals surface area contributed by atoms with Gasteiger partial charge in [0.1, 0.15) is 0 Å². The fraction of sp³-hybridized carbons (Fsp3) is 0.538. The van der Waals surface area contributed by atoms with Crippen LogP contribution in [0.2, 0.25) is 0 Å². The third-order valence-corrected chi connectivity index (χ3v) is 2.55.